The topological polar surface area (TPSA) is 12.9 Å². The van der Waals surface area contributed by atoms with E-state index >= 15 is 0 Å². The predicted molar refractivity (Wildman–Crippen MR) is 119 cm³/mol. The fraction of sp³-hybridized carbons (Fsp3) is 0.148. The van der Waals surface area contributed by atoms with Crippen molar-refractivity contribution in [3.63, 3.8) is 0 Å². The van der Waals surface area contributed by atoms with Crippen LogP contribution in [-0.4, -0.2) is 4.98 Å². The number of hydrogen-bond acceptors (Lipinski definition) is 1. The first kappa shape index (κ1) is 18.2. The van der Waals surface area contributed by atoms with Gasteiger partial charge in [0.25, 0.3) is 0 Å². The van der Waals surface area contributed by atoms with E-state index < -0.39 is 0 Å². The largest absolute Gasteiger partial charge is 0.264 e. The summed E-state index contributed by atoms with van der Waals surface area (Å²) >= 11 is 0. The highest BCUT2D eigenvalue weighted by Gasteiger charge is 2.14. The maximum Gasteiger partial charge on any atom is 0.0346 e. The summed E-state index contributed by atoms with van der Waals surface area (Å²) < 4.78 is 0. The Kier molecular flexibility index (Phi) is 4.83. The van der Waals surface area contributed by atoms with E-state index in [1.807, 2.05) is 12.3 Å². The molecule has 0 bridgehead atoms. The Bertz CT molecular complexity index is 1050. The summed E-state index contributed by atoms with van der Waals surface area (Å²) in [5.74, 6) is 0. The van der Waals surface area contributed by atoms with Gasteiger partial charge in [-0.15, -0.1) is 0 Å². The van der Waals surface area contributed by atoms with Gasteiger partial charge in [0, 0.05) is 12.4 Å². The average Bonchev–Trinajstić information content (AvgIpc) is 2.74. The second-order valence-electron chi connectivity index (χ2n) is 8.19. The molecular weight excluding hydrogens is 338 g/mol. The van der Waals surface area contributed by atoms with E-state index in [1.165, 1.54) is 33.4 Å². The molecule has 0 saturated carbocycles. The van der Waals surface area contributed by atoms with Crippen LogP contribution in [0.2, 0.25) is 0 Å². The van der Waals surface area contributed by atoms with Crippen LogP contribution in [-0.2, 0) is 5.41 Å². The van der Waals surface area contributed by atoms with E-state index in [-0.39, 0.29) is 5.41 Å². The molecule has 0 radical (unpaired) electrons. The summed E-state index contributed by atoms with van der Waals surface area (Å²) in [7, 11) is 0. The number of hydrogen-bond donors (Lipinski definition) is 0. The lowest BCUT2D eigenvalue weighted by molar-refractivity contribution is 0.590. The second kappa shape index (κ2) is 7.44. The van der Waals surface area contributed by atoms with Crippen LogP contribution in [0.3, 0.4) is 0 Å². The molecule has 3 aromatic carbocycles. The molecule has 0 spiro atoms. The van der Waals surface area contributed by atoms with Crippen LogP contribution in [0.15, 0.2) is 97.3 Å². The summed E-state index contributed by atoms with van der Waals surface area (Å²) in [6.45, 7) is 6.75. The summed E-state index contributed by atoms with van der Waals surface area (Å²) in [6.07, 6.45) is 3.71. The molecule has 1 heterocycles. The lowest BCUT2D eigenvalue weighted by Gasteiger charge is -2.19. The van der Waals surface area contributed by atoms with E-state index in [4.69, 9.17) is 0 Å². The molecule has 138 valence electrons. The van der Waals surface area contributed by atoms with Crippen LogP contribution >= 0.6 is 0 Å². The number of pyridine rings is 1. The quantitative estimate of drug-likeness (QED) is 0.370. The fourth-order valence-corrected chi connectivity index (χ4v) is 3.51. The number of rotatable bonds is 3. The standard InChI is InChI=1S/C27H25N/c1-27(2,3)24-16-14-22(15-17-24)26-9-5-4-8-25(26)21-12-10-20(11-13-21)23-7-6-18-28-19-23/h4-19H,1-3H3. The van der Waals surface area contributed by atoms with E-state index in [9.17, 15) is 0 Å². The summed E-state index contributed by atoms with van der Waals surface area (Å²) in [5.41, 5.74) is 8.84. The monoisotopic (exact) mass is 363 g/mol. The molecule has 0 aliphatic carbocycles. The minimum absolute atomic E-state index is 0.167. The van der Waals surface area contributed by atoms with Crippen LogP contribution in [0.1, 0.15) is 26.3 Å². The normalized spacial score (nSPS) is 11.4. The molecule has 0 N–H and O–H groups in total. The highest BCUT2D eigenvalue weighted by Crippen LogP contribution is 2.34. The van der Waals surface area contributed by atoms with Gasteiger partial charge < -0.3 is 0 Å². The average molecular weight is 364 g/mol. The minimum Gasteiger partial charge on any atom is -0.264 e. The molecule has 0 aliphatic rings. The molecule has 0 fully saturated rings. The van der Waals surface area contributed by atoms with E-state index in [2.05, 4.69) is 105 Å². The van der Waals surface area contributed by atoms with Gasteiger partial charge in [0.15, 0.2) is 0 Å². The molecule has 28 heavy (non-hydrogen) atoms. The maximum atomic E-state index is 4.22. The molecule has 4 rings (SSSR count). The summed E-state index contributed by atoms with van der Waals surface area (Å²) in [5, 5.41) is 0. The Hall–Kier alpha value is -3.19. The van der Waals surface area contributed by atoms with Crippen molar-refractivity contribution < 1.29 is 0 Å². The zero-order valence-electron chi connectivity index (χ0n) is 16.7. The Morgan fingerprint density at radius 1 is 0.536 bits per heavy atom. The van der Waals surface area contributed by atoms with E-state index in [0.29, 0.717) is 0 Å². The summed E-state index contributed by atoms with van der Waals surface area (Å²) in [4.78, 5) is 4.22. The van der Waals surface area contributed by atoms with Crippen LogP contribution in [0.4, 0.5) is 0 Å². The van der Waals surface area contributed by atoms with Gasteiger partial charge in [0.05, 0.1) is 0 Å². The zero-order valence-corrected chi connectivity index (χ0v) is 16.7. The fourth-order valence-electron chi connectivity index (χ4n) is 3.51. The molecule has 1 heteroatoms. The van der Waals surface area contributed by atoms with Gasteiger partial charge >= 0.3 is 0 Å². The van der Waals surface area contributed by atoms with Gasteiger partial charge in [-0.05, 0) is 50.4 Å². The van der Waals surface area contributed by atoms with Crippen LogP contribution in [0.25, 0.3) is 33.4 Å². The molecule has 0 saturated heterocycles. The molecule has 4 aromatic rings. The lowest BCUT2D eigenvalue weighted by atomic mass is 9.85. The first-order chi connectivity index (χ1) is 13.5. The Morgan fingerprint density at radius 2 is 1.07 bits per heavy atom. The van der Waals surface area contributed by atoms with Crippen LogP contribution < -0.4 is 0 Å². The Morgan fingerprint density at radius 3 is 1.57 bits per heavy atom. The van der Waals surface area contributed by atoms with Gasteiger partial charge in [-0.2, -0.15) is 0 Å². The first-order valence-corrected chi connectivity index (χ1v) is 9.73. The van der Waals surface area contributed by atoms with E-state index in [0.717, 1.165) is 5.56 Å². The summed E-state index contributed by atoms with van der Waals surface area (Å²) in [6, 6.07) is 30.4. The van der Waals surface area contributed by atoms with E-state index in [1.54, 1.807) is 6.20 Å². The predicted octanol–water partition coefficient (Wildman–Crippen LogP) is 7.38. The van der Waals surface area contributed by atoms with Crippen molar-refractivity contribution in [2.24, 2.45) is 0 Å². The molecule has 1 nitrogen and oxygen atoms in total. The Labute approximate surface area is 167 Å². The highest BCUT2D eigenvalue weighted by molar-refractivity contribution is 5.84. The molecule has 0 atom stereocenters. The van der Waals surface area contributed by atoms with Crippen molar-refractivity contribution in [2.45, 2.75) is 26.2 Å². The molecule has 0 aliphatic heterocycles. The van der Waals surface area contributed by atoms with Crippen molar-refractivity contribution >= 4 is 0 Å². The minimum atomic E-state index is 0.167. The number of nitrogens with zero attached hydrogens (tertiary/aromatic N) is 1. The van der Waals surface area contributed by atoms with Gasteiger partial charge in [0.2, 0.25) is 0 Å². The third-order valence-electron chi connectivity index (χ3n) is 5.18. The van der Waals surface area contributed by atoms with Crippen molar-refractivity contribution in [3.8, 4) is 33.4 Å². The highest BCUT2D eigenvalue weighted by atomic mass is 14.6. The van der Waals surface area contributed by atoms with Crippen molar-refractivity contribution in [3.05, 3.63) is 103 Å². The molecule has 0 amide bonds. The third kappa shape index (κ3) is 3.75. The molecule has 0 unspecified atom stereocenters. The van der Waals surface area contributed by atoms with Gasteiger partial charge in [0.1, 0.15) is 0 Å². The van der Waals surface area contributed by atoms with Crippen molar-refractivity contribution in [1.29, 1.82) is 0 Å². The number of benzene rings is 3. The molecular formula is C27H25N. The number of aromatic nitrogens is 1. The first-order valence-electron chi connectivity index (χ1n) is 9.73. The van der Waals surface area contributed by atoms with Gasteiger partial charge in [-0.3, -0.25) is 4.98 Å². The SMILES string of the molecule is CC(C)(C)c1ccc(-c2ccccc2-c2ccc(-c3cccnc3)cc2)cc1. The lowest BCUT2D eigenvalue weighted by Crippen LogP contribution is -2.10. The third-order valence-corrected chi connectivity index (χ3v) is 5.18. The van der Waals surface area contributed by atoms with Crippen LogP contribution in [0, 0.1) is 0 Å². The smallest absolute Gasteiger partial charge is 0.0346 e. The maximum absolute atomic E-state index is 4.22. The van der Waals surface area contributed by atoms with Gasteiger partial charge in [-0.1, -0.05) is 99.6 Å². The van der Waals surface area contributed by atoms with Crippen LogP contribution in [0.5, 0.6) is 0 Å². The van der Waals surface area contributed by atoms with Crippen molar-refractivity contribution in [1.82, 2.24) is 4.98 Å². The second-order valence-corrected chi connectivity index (χ2v) is 8.19. The Balaban J connectivity index is 1.70. The van der Waals surface area contributed by atoms with Crippen molar-refractivity contribution in [2.75, 3.05) is 0 Å². The molecule has 1 aromatic heterocycles. The zero-order chi connectivity index (χ0) is 19.6. The van der Waals surface area contributed by atoms with Gasteiger partial charge in [-0.25, -0.2) is 0 Å².